The van der Waals surface area contributed by atoms with Gasteiger partial charge >= 0.3 is 0 Å². The van der Waals surface area contributed by atoms with E-state index in [2.05, 4.69) is 29.1 Å². The van der Waals surface area contributed by atoms with E-state index in [1.54, 1.807) is 0 Å². The molecule has 1 aromatic rings. The van der Waals surface area contributed by atoms with Crippen molar-refractivity contribution in [1.82, 2.24) is 10.2 Å². The van der Waals surface area contributed by atoms with Crippen LogP contribution in [0.15, 0.2) is 6.07 Å². The summed E-state index contributed by atoms with van der Waals surface area (Å²) in [6.45, 7) is 7.97. The number of nitrogens with zero attached hydrogens (tertiary/aromatic N) is 2. The SMILES string of the molecule is CCNC(=O)c1sc(N2CCCN(C)CC2CC)cc1N. The van der Waals surface area contributed by atoms with Crippen molar-refractivity contribution in [2.45, 2.75) is 32.7 Å². The van der Waals surface area contributed by atoms with Gasteiger partial charge in [0.05, 0.1) is 10.7 Å². The first kappa shape index (κ1) is 16.1. The first-order valence-corrected chi connectivity index (χ1v) is 8.51. The Morgan fingerprint density at radius 3 is 2.90 bits per heavy atom. The summed E-state index contributed by atoms with van der Waals surface area (Å²) in [7, 11) is 2.18. The Kier molecular flexibility index (Phi) is 5.47. The lowest BCUT2D eigenvalue weighted by Gasteiger charge is -2.30. The Morgan fingerprint density at radius 1 is 1.48 bits per heavy atom. The third-order valence-corrected chi connectivity index (χ3v) is 5.13. The molecule has 1 aliphatic heterocycles. The zero-order valence-electron chi connectivity index (χ0n) is 13.2. The number of carbonyl (C=O) groups is 1. The minimum Gasteiger partial charge on any atom is -0.397 e. The molecule has 0 bridgehead atoms. The zero-order chi connectivity index (χ0) is 15.4. The summed E-state index contributed by atoms with van der Waals surface area (Å²) in [5.74, 6) is -0.0637. The zero-order valence-corrected chi connectivity index (χ0v) is 14.0. The van der Waals surface area contributed by atoms with Crippen molar-refractivity contribution in [2.75, 3.05) is 43.9 Å². The summed E-state index contributed by atoms with van der Waals surface area (Å²) in [4.78, 5) is 17.5. The van der Waals surface area contributed by atoms with Crippen LogP contribution in [-0.4, -0.2) is 50.1 Å². The van der Waals surface area contributed by atoms with Crippen molar-refractivity contribution >= 4 is 27.9 Å². The standard InChI is InChI=1S/C15H26N4OS/c1-4-11-10-18(3)7-6-8-19(11)13-9-12(16)14(21-13)15(20)17-5-2/h9,11H,4-8,10,16H2,1-3H3,(H,17,20). The maximum Gasteiger partial charge on any atom is 0.263 e. The van der Waals surface area contributed by atoms with Crippen molar-refractivity contribution in [3.05, 3.63) is 10.9 Å². The quantitative estimate of drug-likeness (QED) is 0.893. The van der Waals surface area contributed by atoms with Crippen molar-refractivity contribution in [3.8, 4) is 0 Å². The lowest BCUT2D eigenvalue weighted by atomic mass is 10.2. The van der Waals surface area contributed by atoms with Crippen molar-refractivity contribution in [2.24, 2.45) is 0 Å². The molecule has 1 fully saturated rings. The van der Waals surface area contributed by atoms with E-state index >= 15 is 0 Å². The fourth-order valence-corrected chi connectivity index (χ4v) is 3.93. The Labute approximate surface area is 131 Å². The molecule has 0 radical (unpaired) electrons. The molecule has 0 aromatic carbocycles. The molecule has 5 nitrogen and oxygen atoms in total. The molecule has 2 heterocycles. The van der Waals surface area contributed by atoms with Gasteiger partial charge in [-0.05, 0) is 39.4 Å². The van der Waals surface area contributed by atoms with Gasteiger partial charge in [0.25, 0.3) is 5.91 Å². The summed E-state index contributed by atoms with van der Waals surface area (Å²) in [5.41, 5.74) is 6.64. The molecule has 1 atom stereocenters. The van der Waals surface area contributed by atoms with E-state index in [1.807, 2.05) is 13.0 Å². The second-order valence-corrected chi connectivity index (χ2v) is 6.63. The van der Waals surface area contributed by atoms with E-state index < -0.39 is 0 Å². The minimum absolute atomic E-state index is 0.0637. The van der Waals surface area contributed by atoms with Crippen LogP contribution in [0.4, 0.5) is 10.7 Å². The molecular weight excluding hydrogens is 284 g/mol. The average Bonchev–Trinajstić information content (AvgIpc) is 2.72. The van der Waals surface area contributed by atoms with E-state index in [0.717, 1.165) is 37.5 Å². The highest BCUT2D eigenvalue weighted by Gasteiger charge is 2.25. The van der Waals surface area contributed by atoms with Gasteiger partial charge in [0.15, 0.2) is 0 Å². The number of hydrogen-bond donors (Lipinski definition) is 2. The van der Waals surface area contributed by atoms with Crippen molar-refractivity contribution in [1.29, 1.82) is 0 Å². The lowest BCUT2D eigenvalue weighted by Crippen LogP contribution is -2.39. The second-order valence-electron chi connectivity index (χ2n) is 5.60. The third kappa shape index (κ3) is 3.68. The maximum atomic E-state index is 12.0. The number of rotatable bonds is 4. The highest BCUT2D eigenvalue weighted by atomic mass is 32.1. The summed E-state index contributed by atoms with van der Waals surface area (Å²) in [6.07, 6.45) is 2.24. The molecule has 1 aromatic heterocycles. The predicted octanol–water partition coefficient (Wildman–Crippen LogP) is 2.00. The van der Waals surface area contributed by atoms with E-state index in [0.29, 0.717) is 23.2 Å². The summed E-state index contributed by atoms with van der Waals surface area (Å²) >= 11 is 1.51. The topological polar surface area (TPSA) is 61.6 Å². The Balaban J connectivity index is 2.23. The molecule has 21 heavy (non-hydrogen) atoms. The van der Waals surface area contributed by atoms with E-state index in [-0.39, 0.29) is 5.91 Å². The Hall–Kier alpha value is -1.27. The van der Waals surface area contributed by atoms with Gasteiger partial charge in [0.1, 0.15) is 4.88 Å². The summed E-state index contributed by atoms with van der Waals surface area (Å²) in [6, 6.07) is 2.45. The van der Waals surface area contributed by atoms with E-state index in [4.69, 9.17) is 5.73 Å². The lowest BCUT2D eigenvalue weighted by molar-refractivity contribution is 0.0960. The van der Waals surface area contributed by atoms with Gasteiger partial charge in [-0.3, -0.25) is 4.79 Å². The molecule has 3 N–H and O–H groups in total. The first-order valence-electron chi connectivity index (χ1n) is 7.69. The van der Waals surface area contributed by atoms with Crippen LogP contribution in [0.5, 0.6) is 0 Å². The van der Waals surface area contributed by atoms with Crippen LogP contribution in [0.1, 0.15) is 36.4 Å². The molecule has 0 spiro atoms. The Bertz CT molecular complexity index is 488. The number of nitrogen functional groups attached to an aromatic ring is 1. The number of hydrogen-bond acceptors (Lipinski definition) is 5. The maximum absolute atomic E-state index is 12.0. The van der Waals surface area contributed by atoms with Crippen LogP contribution in [0.25, 0.3) is 0 Å². The van der Waals surface area contributed by atoms with Gasteiger partial charge in [-0.15, -0.1) is 11.3 Å². The molecule has 2 rings (SSSR count). The minimum atomic E-state index is -0.0637. The molecule has 6 heteroatoms. The van der Waals surface area contributed by atoms with Gasteiger partial charge in [0, 0.05) is 25.7 Å². The molecule has 0 aliphatic carbocycles. The van der Waals surface area contributed by atoms with Crippen LogP contribution in [0.3, 0.4) is 0 Å². The van der Waals surface area contributed by atoms with Crippen molar-refractivity contribution < 1.29 is 4.79 Å². The number of anilines is 2. The predicted molar refractivity (Wildman–Crippen MR) is 90.3 cm³/mol. The number of likely N-dealkylation sites (N-methyl/N-ethyl adjacent to an activating group) is 1. The number of carbonyl (C=O) groups excluding carboxylic acids is 1. The highest BCUT2D eigenvalue weighted by molar-refractivity contribution is 7.18. The van der Waals surface area contributed by atoms with Crippen LogP contribution < -0.4 is 16.0 Å². The van der Waals surface area contributed by atoms with Crippen molar-refractivity contribution in [3.63, 3.8) is 0 Å². The van der Waals surface area contributed by atoms with Gasteiger partial charge in [-0.2, -0.15) is 0 Å². The number of nitrogens with two attached hydrogens (primary N) is 1. The number of thiophene rings is 1. The molecule has 1 aliphatic rings. The normalized spacial score (nSPS) is 20.3. The van der Waals surface area contributed by atoms with Gasteiger partial charge < -0.3 is 20.9 Å². The largest absolute Gasteiger partial charge is 0.397 e. The molecule has 0 saturated carbocycles. The fraction of sp³-hybridized carbons (Fsp3) is 0.667. The first-order chi connectivity index (χ1) is 10.1. The number of amides is 1. The number of nitrogens with one attached hydrogen (secondary N) is 1. The van der Waals surface area contributed by atoms with Gasteiger partial charge in [-0.1, -0.05) is 6.92 Å². The molecular formula is C15H26N4OS. The molecule has 1 amide bonds. The fourth-order valence-electron chi connectivity index (χ4n) is 2.83. The summed E-state index contributed by atoms with van der Waals surface area (Å²) in [5, 5.41) is 3.95. The second kappa shape index (κ2) is 7.13. The van der Waals surface area contributed by atoms with Crippen LogP contribution in [-0.2, 0) is 0 Å². The average molecular weight is 310 g/mol. The molecule has 1 saturated heterocycles. The smallest absolute Gasteiger partial charge is 0.263 e. The highest BCUT2D eigenvalue weighted by Crippen LogP contribution is 2.34. The van der Waals surface area contributed by atoms with Crippen LogP contribution >= 0.6 is 11.3 Å². The van der Waals surface area contributed by atoms with Gasteiger partial charge in [-0.25, -0.2) is 0 Å². The Morgan fingerprint density at radius 2 is 2.24 bits per heavy atom. The van der Waals surface area contributed by atoms with Gasteiger partial charge in [0.2, 0.25) is 0 Å². The molecule has 118 valence electrons. The molecule has 1 unspecified atom stereocenters. The van der Waals surface area contributed by atoms with E-state index in [1.165, 1.54) is 11.3 Å². The van der Waals surface area contributed by atoms with E-state index in [9.17, 15) is 4.79 Å². The third-order valence-electron chi connectivity index (χ3n) is 3.95. The summed E-state index contributed by atoms with van der Waals surface area (Å²) < 4.78 is 0. The van der Waals surface area contributed by atoms with Crippen LogP contribution in [0.2, 0.25) is 0 Å². The monoisotopic (exact) mass is 310 g/mol. The van der Waals surface area contributed by atoms with Crippen LogP contribution in [0, 0.1) is 0 Å².